The molecule has 0 fully saturated rings. The van der Waals surface area contributed by atoms with Crippen LogP contribution < -0.4 is 14.8 Å². The third-order valence-electron chi connectivity index (χ3n) is 3.56. The van der Waals surface area contributed by atoms with Gasteiger partial charge in [0.2, 0.25) is 15.9 Å². The number of sulfonamides is 1. The van der Waals surface area contributed by atoms with Gasteiger partial charge in [0.05, 0.1) is 7.11 Å². The fourth-order valence-electron chi connectivity index (χ4n) is 2.32. The van der Waals surface area contributed by atoms with Crippen LogP contribution in [0.3, 0.4) is 0 Å². The predicted molar refractivity (Wildman–Crippen MR) is 96.3 cm³/mol. The van der Waals surface area contributed by atoms with Crippen LogP contribution in [-0.2, 0) is 21.2 Å². The Kier molecular flexibility index (Phi) is 6.41. The third-order valence-corrected chi connectivity index (χ3v) is 5.29. The number of halogens is 1. The number of hydrogen-bond donors (Lipinski definition) is 2. The monoisotopic (exact) mass is 382 g/mol. The minimum atomic E-state index is -4.02. The summed E-state index contributed by atoms with van der Waals surface area (Å²) in [4.78, 5) is 12.0. The number of nitrogens with one attached hydrogen (secondary N) is 2. The average molecular weight is 383 g/mol. The van der Waals surface area contributed by atoms with Crippen molar-refractivity contribution in [3.63, 3.8) is 0 Å². The molecule has 0 aliphatic heterocycles. The van der Waals surface area contributed by atoms with Crippen molar-refractivity contribution in [3.8, 4) is 5.75 Å². The summed E-state index contributed by atoms with van der Waals surface area (Å²) < 4.78 is 33.0. The quantitative estimate of drug-likeness (QED) is 0.766. The molecule has 134 valence electrons. The lowest BCUT2D eigenvalue weighted by atomic mass is 10.1. The molecule has 8 heteroatoms. The van der Waals surface area contributed by atoms with E-state index >= 15 is 0 Å². The highest BCUT2D eigenvalue weighted by Gasteiger charge is 2.27. The van der Waals surface area contributed by atoms with E-state index in [1.807, 2.05) is 30.3 Å². The summed E-state index contributed by atoms with van der Waals surface area (Å²) in [7, 11) is -1.20. The topological polar surface area (TPSA) is 84.5 Å². The minimum Gasteiger partial charge on any atom is -0.495 e. The lowest BCUT2D eigenvalue weighted by Crippen LogP contribution is -2.47. The number of ether oxygens (including phenoxy) is 1. The van der Waals surface area contributed by atoms with Gasteiger partial charge in [-0.3, -0.25) is 4.79 Å². The van der Waals surface area contributed by atoms with E-state index in [0.717, 1.165) is 5.56 Å². The van der Waals surface area contributed by atoms with Crippen LogP contribution in [0.2, 0.25) is 5.02 Å². The van der Waals surface area contributed by atoms with Crippen LogP contribution in [0, 0.1) is 0 Å². The molecular formula is C17H19ClN2O4S. The zero-order valence-electron chi connectivity index (χ0n) is 13.8. The number of likely N-dealkylation sites (N-methyl/N-ethyl adjacent to an activating group) is 1. The Balaban J connectivity index is 2.34. The summed E-state index contributed by atoms with van der Waals surface area (Å²) in [6.07, 6.45) is 0.211. The number of methoxy groups -OCH3 is 1. The molecule has 0 spiro atoms. The molecule has 2 aromatic rings. The summed E-state index contributed by atoms with van der Waals surface area (Å²) >= 11 is 5.91. The summed E-state index contributed by atoms with van der Waals surface area (Å²) in [5.41, 5.74) is 0.830. The smallest absolute Gasteiger partial charge is 0.245 e. The molecule has 0 saturated carbocycles. The fourth-order valence-corrected chi connectivity index (χ4v) is 3.95. The number of rotatable bonds is 7. The van der Waals surface area contributed by atoms with Crippen molar-refractivity contribution in [1.29, 1.82) is 0 Å². The van der Waals surface area contributed by atoms with Gasteiger partial charge in [0.15, 0.2) is 0 Å². The SMILES string of the molecule is CNC(=O)C(Cc1ccccc1)NS(=O)(=O)c1cc(Cl)ccc1OC. The van der Waals surface area contributed by atoms with Crippen LogP contribution in [0.25, 0.3) is 0 Å². The number of carbonyl (C=O) groups excluding carboxylic acids is 1. The molecule has 1 amide bonds. The Morgan fingerprint density at radius 3 is 2.48 bits per heavy atom. The molecule has 2 N–H and O–H groups in total. The van der Waals surface area contributed by atoms with Crippen molar-refractivity contribution in [2.75, 3.05) is 14.2 Å². The second kappa shape index (κ2) is 8.33. The first-order valence-corrected chi connectivity index (χ1v) is 9.35. The highest BCUT2D eigenvalue weighted by molar-refractivity contribution is 7.89. The van der Waals surface area contributed by atoms with Crippen molar-refractivity contribution in [2.24, 2.45) is 0 Å². The molecule has 0 bridgehead atoms. The Morgan fingerprint density at radius 2 is 1.88 bits per heavy atom. The molecule has 6 nitrogen and oxygen atoms in total. The van der Waals surface area contributed by atoms with Crippen molar-refractivity contribution < 1.29 is 17.9 Å². The van der Waals surface area contributed by atoms with Gasteiger partial charge in [0, 0.05) is 12.1 Å². The molecule has 0 saturated heterocycles. The van der Waals surface area contributed by atoms with Crippen LogP contribution >= 0.6 is 11.6 Å². The molecule has 0 radical (unpaired) electrons. The minimum absolute atomic E-state index is 0.121. The Labute approximate surface area is 152 Å². The zero-order chi connectivity index (χ0) is 18.4. The van der Waals surface area contributed by atoms with E-state index in [1.165, 1.54) is 32.4 Å². The van der Waals surface area contributed by atoms with E-state index in [2.05, 4.69) is 10.0 Å². The highest BCUT2D eigenvalue weighted by atomic mass is 35.5. The molecule has 2 aromatic carbocycles. The maximum Gasteiger partial charge on any atom is 0.245 e. The van der Waals surface area contributed by atoms with Crippen LogP contribution in [-0.4, -0.2) is 34.5 Å². The second-order valence-corrected chi connectivity index (χ2v) is 7.39. The molecule has 0 aromatic heterocycles. The van der Waals surface area contributed by atoms with Crippen molar-refractivity contribution >= 4 is 27.5 Å². The van der Waals surface area contributed by atoms with E-state index in [9.17, 15) is 13.2 Å². The number of carbonyl (C=O) groups is 1. The van der Waals surface area contributed by atoms with Gasteiger partial charge in [-0.25, -0.2) is 8.42 Å². The van der Waals surface area contributed by atoms with Crippen LogP contribution in [0.4, 0.5) is 0 Å². The Morgan fingerprint density at radius 1 is 1.20 bits per heavy atom. The fraction of sp³-hybridized carbons (Fsp3) is 0.235. The molecule has 0 aliphatic rings. The largest absolute Gasteiger partial charge is 0.495 e. The molecule has 1 unspecified atom stereocenters. The van der Waals surface area contributed by atoms with Gasteiger partial charge in [0.25, 0.3) is 0 Å². The molecular weight excluding hydrogens is 364 g/mol. The van der Waals surface area contributed by atoms with Gasteiger partial charge >= 0.3 is 0 Å². The summed E-state index contributed by atoms with van der Waals surface area (Å²) in [6, 6.07) is 12.4. The predicted octanol–water partition coefficient (Wildman–Crippen LogP) is 1.98. The number of amides is 1. The Hall–Kier alpha value is -2.09. The highest BCUT2D eigenvalue weighted by Crippen LogP contribution is 2.27. The van der Waals surface area contributed by atoms with Gasteiger partial charge in [-0.15, -0.1) is 0 Å². The number of hydrogen-bond acceptors (Lipinski definition) is 4. The molecule has 25 heavy (non-hydrogen) atoms. The molecule has 2 rings (SSSR count). The van der Waals surface area contributed by atoms with Gasteiger partial charge in [-0.05, 0) is 30.2 Å². The maximum atomic E-state index is 12.8. The zero-order valence-corrected chi connectivity index (χ0v) is 15.4. The van der Waals surface area contributed by atoms with E-state index < -0.39 is 22.0 Å². The summed E-state index contributed by atoms with van der Waals surface area (Å²) in [6.45, 7) is 0. The summed E-state index contributed by atoms with van der Waals surface area (Å²) in [5, 5.41) is 2.73. The van der Waals surface area contributed by atoms with Gasteiger partial charge in [-0.1, -0.05) is 41.9 Å². The van der Waals surface area contributed by atoms with Crippen molar-refractivity contribution in [3.05, 3.63) is 59.1 Å². The molecule has 0 heterocycles. The summed E-state index contributed by atoms with van der Waals surface area (Å²) in [5.74, 6) is -0.291. The normalized spacial score (nSPS) is 12.4. The first-order valence-electron chi connectivity index (χ1n) is 7.48. The van der Waals surface area contributed by atoms with E-state index in [4.69, 9.17) is 16.3 Å². The van der Waals surface area contributed by atoms with Crippen LogP contribution in [0.1, 0.15) is 5.56 Å². The number of benzene rings is 2. The third kappa shape index (κ3) is 4.94. The first-order chi connectivity index (χ1) is 11.9. The van der Waals surface area contributed by atoms with Crippen LogP contribution in [0.15, 0.2) is 53.4 Å². The van der Waals surface area contributed by atoms with Crippen molar-refractivity contribution in [1.82, 2.24) is 10.0 Å². The van der Waals surface area contributed by atoms with Gasteiger partial charge in [0.1, 0.15) is 16.7 Å². The van der Waals surface area contributed by atoms with Crippen LogP contribution in [0.5, 0.6) is 5.75 Å². The van der Waals surface area contributed by atoms with Crippen molar-refractivity contribution in [2.45, 2.75) is 17.4 Å². The van der Waals surface area contributed by atoms with E-state index in [-0.39, 0.29) is 22.1 Å². The maximum absolute atomic E-state index is 12.8. The Bertz CT molecular complexity index is 841. The lowest BCUT2D eigenvalue weighted by molar-refractivity contribution is -0.122. The first kappa shape index (κ1) is 19.2. The second-order valence-electron chi connectivity index (χ2n) is 5.27. The van der Waals surface area contributed by atoms with Gasteiger partial charge in [-0.2, -0.15) is 4.72 Å². The molecule has 0 aliphatic carbocycles. The average Bonchev–Trinajstić information content (AvgIpc) is 2.61. The standard InChI is InChI=1S/C17H19ClN2O4S/c1-19-17(21)14(10-12-6-4-3-5-7-12)20-25(22,23)16-11-13(18)8-9-15(16)24-2/h3-9,11,14,20H,10H2,1-2H3,(H,19,21). The van der Waals surface area contributed by atoms with E-state index in [1.54, 1.807) is 0 Å². The lowest BCUT2D eigenvalue weighted by Gasteiger charge is -2.18. The van der Waals surface area contributed by atoms with Gasteiger partial charge < -0.3 is 10.1 Å². The molecule has 1 atom stereocenters. The van der Waals surface area contributed by atoms with E-state index in [0.29, 0.717) is 0 Å².